The number of carbonyl (C=O) groups is 1. The highest BCUT2D eigenvalue weighted by molar-refractivity contribution is 5.76. The van der Waals surface area contributed by atoms with Crippen LogP contribution < -0.4 is 0 Å². The molecule has 0 unspecified atom stereocenters. The summed E-state index contributed by atoms with van der Waals surface area (Å²) in [7, 11) is 0. The largest absolute Gasteiger partial charge is 0.339 e. The second-order valence-corrected chi connectivity index (χ2v) is 5.84. The number of hydrogen-bond acceptors (Lipinski definition) is 2. The first-order valence-corrected chi connectivity index (χ1v) is 6.39. The van der Waals surface area contributed by atoms with Gasteiger partial charge in [0.15, 0.2) is 0 Å². The average Bonchev–Trinajstić information content (AvgIpc) is 2.77. The number of aromatic nitrogens is 2. The summed E-state index contributed by atoms with van der Waals surface area (Å²) in [6.45, 7) is 9.67. The highest BCUT2D eigenvalue weighted by atomic mass is 16.2. The Balaban J connectivity index is 2.24. The van der Waals surface area contributed by atoms with Crippen molar-refractivity contribution in [1.29, 1.82) is 0 Å². The number of aromatic amines is 1. The van der Waals surface area contributed by atoms with E-state index in [2.05, 4.69) is 37.0 Å². The molecule has 1 N–H and O–H groups in total. The van der Waals surface area contributed by atoms with E-state index in [1.807, 2.05) is 11.1 Å². The van der Waals surface area contributed by atoms with Crippen molar-refractivity contribution in [2.24, 2.45) is 0 Å². The Hall–Kier alpha value is -1.58. The van der Waals surface area contributed by atoms with Gasteiger partial charge in [-0.05, 0) is 17.4 Å². The van der Waals surface area contributed by atoms with E-state index in [4.69, 9.17) is 0 Å². The van der Waals surface area contributed by atoms with E-state index in [0.29, 0.717) is 6.54 Å². The molecule has 1 aliphatic rings. The third-order valence-electron chi connectivity index (χ3n) is 3.41. The van der Waals surface area contributed by atoms with Crippen molar-refractivity contribution in [3.8, 4) is 0 Å². The molecule has 1 aliphatic heterocycles. The molecule has 0 spiro atoms. The summed E-state index contributed by atoms with van der Waals surface area (Å²) < 4.78 is 0. The molecule has 0 atom stereocenters. The maximum atomic E-state index is 11.3. The van der Waals surface area contributed by atoms with E-state index >= 15 is 0 Å². The first-order valence-electron chi connectivity index (χ1n) is 6.39. The molecule has 0 aliphatic carbocycles. The molecule has 0 aromatic carbocycles. The predicted octanol–water partition coefficient (Wildman–Crippen LogP) is 2.34. The molecular weight excluding hydrogens is 226 g/mol. The van der Waals surface area contributed by atoms with E-state index in [1.165, 1.54) is 11.1 Å². The predicted molar refractivity (Wildman–Crippen MR) is 72.1 cm³/mol. The lowest BCUT2D eigenvalue weighted by atomic mass is 9.85. The summed E-state index contributed by atoms with van der Waals surface area (Å²) in [4.78, 5) is 13.1. The first kappa shape index (κ1) is 12.9. The Morgan fingerprint density at radius 1 is 1.44 bits per heavy atom. The van der Waals surface area contributed by atoms with Crippen LogP contribution >= 0.6 is 0 Å². The van der Waals surface area contributed by atoms with Gasteiger partial charge in [0.1, 0.15) is 0 Å². The van der Waals surface area contributed by atoms with Crippen LogP contribution in [0.1, 0.15) is 45.4 Å². The van der Waals surface area contributed by atoms with Crippen molar-refractivity contribution in [3.05, 3.63) is 23.5 Å². The minimum Gasteiger partial charge on any atom is -0.339 e. The highest BCUT2D eigenvalue weighted by Gasteiger charge is 2.24. The maximum Gasteiger partial charge on any atom is 0.219 e. The fourth-order valence-corrected chi connectivity index (χ4v) is 2.28. The molecule has 98 valence electrons. The van der Waals surface area contributed by atoms with Crippen molar-refractivity contribution in [2.45, 2.75) is 39.5 Å². The Bertz CT molecular complexity index is 479. The maximum absolute atomic E-state index is 11.3. The van der Waals surface area contributed by atoms with Crippen LogP contribution in [-0.4, -0.2) is 34.1 Å². The third-order valence-corrected chi connectivity index (χ3v) is 3.41. The van der Waals surface area contributed by atoms with Gasteiger partial charge in [0, 0.05) is 31.8 Å². The van der Waals surface area contributed by atoms with Crippen molar-refractivity contribution in [1.82, 2.24) is 15.1 Å². The Morgan fingerprint density at radius 3 is 2.67 bits per heavy atom. The molecule has 1 aromatic heterocycles. The summed E-state index contributed by atoms with van der Waals surface area (Å²) in [6, 6.07) is 0. The average molecular weight is 247 g/mol. The van der Waals surface area contributed by atoms with E-state index in [-0.39, 0.29) is 11.3 Å². The molecule has 1 amide bonds. The van der Waals surface area contributed by atoms with Gasteiger partial charge >= 0.3 is 0 Å². The van der Waals surface area contributed by atoms with Crippen molar-refractivity contribution >= 4 is 11.5 Å². The van der Waals surface area contributed by atoms with E-state index in [0.717, 1.165) is 18.7 Å². The number of rotatable bonds is 1. The number of amides is 1. The van der Waals surface area contributed by atoms with Crippen LogP contribution in [0.3, 0.4) is 0 Å². The lowest BCUT2D eigenvalue weighted by Gasteiger charge is -2.26. The molecule has 0 saturated heterocycles. The standard InChI is InChI=1S/C14H21N3O/c1-10(18)17-7-5-11(6-8-17)13-12(9-15-16-13)14(2,3)4/h5,9H,6-8H2,1-4H3,(H,15,16). The quantitative estimate of drug-likeness (QED) is 0.828. The Kier molecular flexibility index (Phi) is 3.28. The molecule has 4 heteroatoms. The van der Waals surface area contributed by atoms with Crippen molar-refractivity contribution in [2.75, 3.05) is 13.1 Å². The summed E-state index contributed by atoms with van der Waals surface area (Å²) in [6.07, 6.45) is 4.98. The van der Waals surface area contributed by atoms with Crippen molar-refractivity contribution in [3.63, 3.8) is 0 Å². The molecule has 1 aromatic rings. The first-order chi connectivity index (χ1) is 8.39. The zero-order valence-corrected chi connectivity index (χ0v) is 11.6. The lowest BCUT2D eigenvalue weighted by molar-refractivity contribution is -0.128. The molecule has 0 fully saturated rings. The minimum absolute atomic E-state index is 0.0842. The fraction of sp³-hybridized carbons (Fsp3) is 0.571. The number of nitrogens with one attached hydrogen (secondary N) is 1. The van der Waals surface area contributed by atoms with Crippen molar-refractivity contribution < 1.29 is 4.79 Å². The van der Waals surface area contributed by atoms with Crippen LogP contribution in [0.2, 0.25) is 0 Å². The van der Waals surface area contributed by atoms with Crippen LogP contribution in [0.4, 0.5) is 0 Å². The van der Waals surface area contributed by atoms with Gasteiger partial charge in [-0.1, -0.05) is 26.8 Å². The number of H-pyrrole nitrogens is 1. The Morgan fingerprint density at radius 2 is 2.17 bits per heavy atom. The molecule has 0 radical (unpaired) electrons. The normalized spacial score (nSPS) is 16.7. The zero-order valence-electron chi connectivity index (χ0n) is 11.6. The number of hydrogen-bond donors (Lipinski definition) is 1. The molecule has 2 heterocycles. The topological polar surface area (TPSA) is 49.0 Å². The third kappa shape index (κ3) is 2.47. The van der Waals surface area contributed by atoms with Gasteiger partial charge in [0.2, 0.25) is 5.91 Å². The molecule has 0 saturated carbocycles. The van der Waals surface area contributed by atoms with E-state index < -0.39 is 0 Å². The van der Waals surface area contributed by atoms with Gasteiger partial charge in [-0.3, -0.25) is 9.89 Å². The number of carbonyl (C=O) groups excluding carboxylic acids is 1. The molecule has 4 nitrogen and oxygen atoms in total. The van der Waals surface area contributed by atoms with E-state index in [9.17, 15) is 4.79 Å². The monoisotopic (exact) mass is 247 g/mol. The summed E-state index contributed by atoms with van der Waals surface area (Å²) in [5, 5.41) is 7.34. The van der Waals surface area contributed by atoms with Gasteiger partial charge in [-0.25, -0.2) is 0 Å². The summed E-state index contributed by atoms with van der Waals surface area (Å²) >= 11 is 0. The lowest BCUT2D eigenvalue weighted by Crippen LogP contribution is -2.32. The summed E-state index contributed by atoms with van der Waals surface area (Å²) in [5.74, 6) is 0.142. The second kappa shape index (κ2) is 4.59. The van der Waals surface area contributed by atoms with Crippen LogP contribution in [0.5, 0.6) is 0 Å². The van der Waals surface area contributed by atoms with Gasteiger partial charge < -0.3 is 4.90 Å². The highest BCUT2D eigenvalue weighted by Crippen LogP contribution is 2.31. The van der Waals surface area contributed by atoms with E-state index in [1.54, 1.807) is 6.92 Å². The summed E-state index contributed by atoms with van der Waals surface area (Å²) in [5.41, 5.74) is 3.63. The molecule has 0 bridgehead atoms. The molecule has 2 rings (SSSR count). The minimum atomic E-state index is 0.0842. The fourth-order valence-electron chi connectivity index (χ4n) is 2.28. The van der Waals surface area contributed by atoms with Crippen LogP contribution in [0.15, 0.2) is 12.3 Å². The van der Waals surface area contributed by atoms with Crippen LogP contribution in [0.25, 0.3) is 5.57 Å². The zero-order chi connectivity index (χ0) is 13.3. The van der Waals surface area contributed by atoms with Crippen LogP contribution in [-0.2, 0) is 10.2 Å². The smallest absolute Gasteiger partial charge is 0.219 e. The SMILES string of the molecule is CC(=O)N1CC=C(c2n[nH]cc2C(C)(C)C)CC1. The Labute approximate surface area is 108 Å². The van der Waals surface area contributed by atoms with Gasteiger partial charge in [-0.15, -0.1) is 0 Å². The second-order valence-electron chi connectivity index (χ2n) is 5.84. The van der Waals surface area contributed by atoms with Gasteiger partial charge in [-0.2, -0.15) is 5.10 Å². The van der Waals surface area contributed by atoms with Gasteiger partial charge in [0.25, 0.3) is 0 Å². The molecule has 18 heavy (non-hydrogen) atoms. The van der Waals surface area contributed by atoms with Crippen LogP contribution in [0, 0.1) is 0 Å². The van der Waals surface area contributed by atoms with Gasteiger partial charge in [0.05, 0.1) is 5.69 Å². The number of nitrogens with zero attached hydrogens (tertiary/aromatic N) is 2. The molecular formula is C14H21N3O.